The van der Waals surface area contributed by atoms with Crippen LogP contribution in [0.4, 0.5) is 5.69 Å². The molecule has 4 nitrogen and oxygen atoms in total. The van der Waals surface area contributed by atoms with Crippen molar-refractivity contribution in [3.05, 3.63) is 60.2 Å². The van der Waals surface area contributed by atoms with Gasteiger partial charge in [0.25, 0.3) is 0 Å². The van der Waals surface area contributed by atoms with E-state index < -0.39 is 12.0 Å². The molecule has 0 fully saturated rings. The topological polar surface area (TPSA) is 49.8 Å². The molecule has 4 heteroatoms. The van der Waals surface area contributed by atoms with Gasteiger partial charge in [-0.25, -0.2) is 4.79 Å². The van der Waals surface area contributed by atoms with Gasteiger partial charge in [-0.15, -0.1) is 0 Å². The van der Waals surface area contributed by atoms with Gasteiger partial charge in [-0.05, 0) is 25.1 Å². The molecule has 0 amide bonds. The van der Waals surface area contributed by atoms with Crippen LogP contribution < -0.4 is 9.64 Å². The molecule has 2 rings (SSSR count). The van der Waals surface area contributed by atoms with Crippen LogP contribution in [0.3, 0.4) is 0 Å². The van der Waals surface area contributed by atoms with Gasteiger partial charge < -0.3 is 14.7 Å². The summed E-state index contributed by atoms with van der Waals surface area (Å²) in [4.78, 5) is 13.7. The highest BCUT2D eigenvalue weighted by Crippen LogP contribution is 2.32. The number of benzene rings is 2. The van der Waals surface area contributed by atoms with E-state index in [1.165, 1.54) is 0 Å². The van der Waals surface area contributed by atoms with E-state index in [4.69, 9.17) is 4.74 Å². The second-order valence-electron chi connectivity index (χ2n) is 4.60. The van der Waals surface area contributed by atoms with Crippen LogP contribution in [-0.4, -0.2) is 24.7 Å². The maximum absolute atomic E-state index is 11.8. The maximum atomic E-state index is 11.8. The summed E-state index contributed by atoms with van der Waals surface area (Å²) in [5, 5.41) is 9.71. The molecule has 0 bridgehead atoms. The lowest BCUT2D eigenvalue weighted by Crippen LogP contribution is -2.34. The lowest BCUT2D eigenvalue weighted by Gasteiger charge is -2.31. The van der Waals surface area contributed by atoms with Gasteiger partial charge in [-0.3, -0.25) is 0 Å². The Balaban J connectivity index is 2.49. The Bertz CT molecular complexity index is 598. The van der Waals surface area contributed by atoms with Crippen molar-refractivity contribution in [1.82, 2.24) is 0 Å². The number of hydrogen-bond donors (Lipinski definition) is 1. The minimum Gasteiger partial charge on any atom is -0.496 e. The standard InChI is InChI=1S/C17H19NO3/c1-3-18(13-9-5-4-6-10-13)16(17(19)20)14-11-7-8-12-15(14)21-2/h4-12,16H,3H2,1-2H3,(H,19,20). The third-order valence-electron chi connectivity index (χ3n) is 3.41. The van der Waals surface area contributed by atoms with E-state index in [-0.39, 0.29) is 0 Å². The normalized spacial score (nSPS) is 11.7. The fourth-order valence-corrected chi connectivity index (χ4v) is 2.46. The number of carbonyl (C=O) groups is 1. The molecule has 0 aliphatic heterocycles. The first-order valence-corrected chi connectivity index (χ1v) is 6.86. The molecule has 0 radical (unpaired) electrons. The van der Waals surface area contributed by atoms with Gasteiger partial charge in [-0.2, -0.15) is 0 Å². The van der Waals surface area contributed by atoms with E-state index in [0.29, 0.717) is 17.9 Å². The van der Waals surface area contributed by atoms with Crippen LogP contribution in [0.15, 0.2) is 54.6 Å². The lowest BCUT2D eigenvalue weighted by molar-refractivity contribution is -0.138. The molecule has 110 valence electrons. The van der Waals surface area contributed by atoms with Crippen LogP contribution in [0.5, 0.6) is 5.75 Å². The molecule has 0 saturated carbocycles. The van der Waals surface area contributed by atoms with Crippen molar-refractivity contribution in [3.8, 4) is 5.75 Å². The number of carboxylic acid groups (broad SMARTS) is 1. The third kappa shape index (κ3) is 3.16. The van der Waals surface area contributed by atoms with Crippen molar-refractivity contribution in [2.45, 2.75) is 13.0 Å². The number of aliphatic carboxylic acids is 1. The average molecular weight is 285 g/mol. The lowest BCUT2D eigenvalue weighted by atomic mass is 10.0. The van der Waals surface area contributed by atoms with E-state index in [1.807, 2.05) is 54.3 Å². The second-order valence-corrected chi connectivity index (χ2v) is 4.60. The predicted molar refractivity (Wildman–Crippen MR) is 82.8 cm³/mol. The van der Waals surface area contributed by atoms with E-state index in [0.717, 1.165) is 5.69 Å². The fourth-order valence-electron chi connectivity index (χ4n) is 2.46. The van der Waals surface area contributed by atoms with Crippen LogP contribution in [0, 0.1) is 0 Å². The van der Waals surface area contributed by atoms with Gasteiger partial charge in [-0.1, -0.05) is 36.4 Å². The first kappa shape index (κ1) is 14.9. The van der Waals surface area contributed by atoms with Crippen LogP contribution in [0.1, 0.15) is 18.5 Å². The highest BCUT2D eigenvalue weighted by atomic mass is 16.5. The molecule has 0 spiro atoms. The average Bonchev–Trinajstić information content (AvgIpc) is 2.53. The van der Waals surface area contributed by atoms with E-state index in [2.05, 4.69) is 0 Å². The van der Waals surface area contributed by atoms with Crippen LogP contribution in [0.25, 0.3) is 0 Å². The Hall–Kier alpha value is -2.49. The van der Waals surface area contributed by atoms with Gasteiger partial charge in [0.1, 0.15) is 5.75 Å². The van der Waals surface area contributed by atoms with Crippen molar-refractivity contribution in [2.24, 2.45) is 0 Å². The molecule has 0 aromatic heterocycles. The summed E-state index contributed by atoms with van der Waals surface area (Å²) >= 11 is 0. The zero-order valence-electron chi connectivity index (χ0n) is 12.2. The number of carboxylic acids is 1. The number of likely N-dealkylation sites (N-methyl/N-ethyl adjacent to an activating group) is 1. The van der Waals surface area contributed by atoms with Crippen LogP contribution >= 0.6 is 0 Å². The molecule has 1 N–H and O–H groups in total. The maximum Gasteiger partial charge on any atom is 0.331 e. The van der Waals surface area contributed by atoms with Crippen LogP contribution in [0.2, 0.25) is 0 Å². The summed E-state index contributed by atoms with van der Waals surface area (Å²) in [5.41, 5.74) is 1.52. The summed E-state index contributed by atoms with van der Waals surface area (Å²) in [7, 11) is 1.55. The number of hydrogen-bond acceptors (Lipinski definition) is 3. The Kier molecular flexibility index (Phi) is 4.82. The highest BCUT2D eigenvalue weighted by molar-refractivity contribution is 5.81. The minimum atomic E-state index is -0.898. The number of anilines is 1. The van der Waals surface area contributed by atoms with Crippen molar-refractivity contribution in [2.75, 3.05) is 18.6 Å². The molecule has 1 atom stereocenters. The summed E-state index contributed by atoms with van der Waals surface area (Å²) in [6.07, 6.45) is 0. The molecule has 1 unspecified atom stereocenters. The SMILES string of the molecule is CCN(c1ccccc1)C(C(=O)O)c1ccccc1OC. The van der Waals surface area contributed by atoms with E-state index in [9.17, 15) is 9.90 Å². The summed E-state index contributed by atoms with van der Waals surface area (Å²) in [5.74, 6) is -0.315. The Morgan fingerprint density at radius 2 is 1.76 bits per heavy atom. The number of ether oxygens (including phenoxy) is 1. The molecule has 0 heterocycles. The molecule has 2 aromatic carbocycles. The van der Waals surface area contributed by atoms with Crippen molar-refractivity contribution in [1.29, 1.82) is 0 Å². The first-order chi connectivity index (χ1) is 10.2. The van der Waals surface area contributed by atoms with E-state index in [1.54, 1.807) is 19.2 Å². The largest absolute Gasteiger partial charge is 0.496 e. The highest BCUT2D eigenvalue weighted by Gasteiger charge is 2.29. The zero-order valence-corrected chi connectivity index (χ0v) is 12.2. The number of nitrogens with zero attached hydrogens (tertiary/aromatic N) is 1. The Morgan fingerprint density at radius 1 is 1.14 bits per heavy atom. The summed E-state index contributed by atoms with van der Waals surface area (Å²) in [6.45, 7) is 2.53. The van der Waals surface area contributed by atoms with Crippen molar-refractivity contribution >= 4 is 11.7 Å². The van der Waals surface area contributed by atoms with Gasteiger partial charge in [0, 0.05) is 17.8 Å². The Morgan fingerprint density at radius 3 is 2.33 bits per heavy atom. The number of rotatable bonds is 6. The minimum absolute atomic E-state index is 0.582. The molecule has 21 heavy (non-hydrogen) atoms. The predicted octanol–water partition coefficient (Wildman–Crippen LogP) is 3.35. The van der Waals surface area contributed by atoms with E-state index >= 15 is 0 Å². The molecular formula is C17H19NO3. The van der Waals surface area contributed by atoms with Crippen LogP contribution in [-0.2, 0) is 4.79 Å². The number of para-hydroxylation sites is 2. The summed E-state index contributed by atoms with van der Waals surface area (Å²) in [6, 6.07) is 16.0. The molecular weight excluding hydrogens is 266 g/mol. The first-order valence-electron chi connectivity index (χ1n) is 6.86. The Labute approximate surface area is 124 Å². The van der Waals surface area contributed by atoms with Crippen molar-refractivity contribution in [3.63, 3.8) is 0 Å². The van der Waals surface area contributed by atoms with Crippen molar-refractivity contribution < 1.29 is 14.6 Å². The molecule has 2 aromatic rings. The smallest absolute Gasteiger partial charge is 0.331 e. The fraction of sp³-hybridized carbons (Fsp3) is 0.235. The van der Waals surface area contributed by atoms with Gasteiger partial charge in [0.05, 0.1) is 7.11 Å². The zero-order chi connectivity index (χ0) is 15.2. The summed E-state index contributed by atoms with van der Waals surface area (Å²) < 4.78 is 5.32. The number of methoxy groups -OCH3 is 1. The molecule has 0 aliphatic carbocycles. The quantitative estimate of drug-likeness (QED) is 0.884. The third-order valence-corrected chi connectivity index (χ3v) is 3.41. The molecule has 0 aliphatic rings. The second kappa shape index (κ2) is 6.79. The van der Waals surface area contributed by atoms with Gasteiger partial charge >= 0.3 is 5.97 Å². The van der Waals surface area contributed by atoms with Gasteiger partial charge in [0.2, 0.25) is 0 Å². The monoisotopic (exact) mass is 285 g/mol. The molecule has 0 saturated heterocycles. The van der Waals surface area contributed by atoms with Gasteiger partial charge in [0.15, 0.2) is 6.04 Å².